The summed E-state index contributed by atoms with van der Waals surface area (Å²) in [6.45, 7) is 10.4. The Kier molecular flexibility index (Phi) is 14.6. The van der Waals surface area contributed by atoms with Gasteiger partial charge in [-0.25, -0.2) is 29.3 Å². The maximum atomic E-state index is 5.10. The van der Waals surface area contributed by atoms with E-state index in [0.717, 1.165) is 41.6 Å². The van der Waals surface area contributed by atoms with Crippen LogP contribution in [0.2, 0.25) is 0 Å². The van der Waals surface area contributed by atoms with E-state index in [9.17, 15) is 0 Å². The van der Waals surface area contributed by atoms with Crippen molar-refractivity contribution in [1.29, 1.82) is 0 Å². The second-order valence-corrected chi connectivity index (χ2v) is 10.2. The van der Waals surface area contributed by atoms with E-state index in [1.807, 2.05) is 101 Å². The fourth-order valence-electron chi connectivity index (χ4n) is 4.41. The Labute approximate surface area is 279 Å². The normalized spacial score (nSPS) is 11.6. The van der Waals surface area contributed by atoms with Gasteiger partial charge in [-0.2, -0.15) is 10.2 Å². The second-order valence-electron chi connectivity index (χ2n) is 10.2. The zero-order valence-electron chi connectivity index (χ0n) is 26.4. The molecule has 0 radical (unpaired) electrons. The molecule has 45 heavy (non-hydrogen) atoms. The number of aromatic nitrogens is 10. The first kappa shape index (κ1) is 35.3. The van der Waals surface area contributed by atoms with Crippen LogP contribution in [-0.2, 0) is 17.6 Å². The average Bonchev–Trinajstić information content (AvgIpc) is 3.90. The van der Waals surface area contributed by atoms with Crippen LogP contribution in [0.5, 0.6) is 5.75 Å². The molecule has 6 aromatic heterocycles. The Hall–Kier alpha value is -4.13. The molecule has 0 spiro atoms. The van der Waals surface area contributed by atoms with Gasteiger partial charge in [0.25, 0.3) is 0 Å². The summed E-state index contributed by atoms with van der Waals surface area (Å²) in [6.07, 6.45) is 21.0. The summed E-state index contributed by atoms with van der Waals surface area (Å²) in [5.41, 5.74) is 3.16. The maximum absolute atomic E-state index is 5.10. The predicted molar refractivity (Wildman–Crippen MR) is 172 cm³/mol. The molecule has 0 aromatic carbocycles. The number of methoxy groups -OCH3 is 1. The van der Waals surface area contributed by atoms with Gasteiger partial charge >= 0.3 is 27.2 Å². The van der Waals surface area contributed by atoms with Gasteiger partial charge in [0.15, 0.2) is 11.6 Å². The van der Waals surface area contributed by atoms with Crippen LogP contribution in [0.3, 0.4) is 0 Å². The third kappa shape index (κ3) is 11.1. The molecule has 2 atom stereocenters. The van der Waals surface area contributed by atoms with E-state index in [4.69, 9.17) is 4.74 Å². The van der Waals surface area contributed by atoms with Crippen LogP contribution in [0.25, 0.3) is 11.6 Å². The van der Waals surface area contributed by atoms with Gasteiger partial charge in [0.2, 0.25) is 0 Å². The number of pyridine rings is 2. The van der Waals surface area contributed by atoms with Gasteiger partial charge in [-0.1, -0.05) is 6.92 Å². The number of ether oxygens (including phenoxy) is 1. The van der Waals surface area contributed by atoms with Crippen molar-refractivity contribution in [3.63, 3.8) is 0 Å². The molecule has 6 rings (SSSR count). The molecule has 0 bridgehead atoms. The van der Waals surface area contributed by atoms with Crippen molar-refractivity contribution in [1.82, 2.24) is 48.6 Å². The number of rotatable bonds is 8. The van der Waals surface area contributed by atoms with Crippen LogP contribution in [0, 0.1) is 20.8 Å². The predicted octanol–water partition coefficient (Wildman–Crippen LogP) is 6.84. The number of imidazole rings is 2. The molecule has 0 saturated heterocycles. The number of hydrogen-bond acceptors (Lipinski definition) is 7. The van der Waals surface area contributed by atoms with Crippen molar-refractivity contribution in [2.75, 3.05) is 7.11 Å². The van der Waals surface area contributed by atoms with Crippen LogP contribution in [-0.4, -0.2) is 55.7 Å². The fourth-order valence-corrected chi connectivity index (χ4v) is 4.41. The molecular weight excluding hydrogens is 766 g/mol. The van der Waals surface area contributed by atoms with Crippen molar-refractivity contribution in [3.8, 4) is 17.4 Å². The van der Waals surface area contributed by atoms with E-state index in [1.165, 1.54) is 23.2 Å². The molecule has 0 aliphatic rings. The van der Waals surface area contributed by atoms with Crippen LogP contribution in [0.1, 0.15) is 55.7 Å². The second kappa shape index (κ2) is 18.6. The first-order chi connectivity index (χ1) is 21.9. The number of nitrogens with zero attached hydrogens (tertiary/aromatic N) is 10. The summed E-state index contributed by atoms with van der Waals surface area (Å²) in [7, 11) is 6.30. The van der Waals surface area contributed by atoms with Gasteiger partial charge < -0.3 is 13.9 Å². The molecule has 2 unspecified atom stereocenters. The van der Waals surface area contributed by atoms with Gasteiger partial charge in [-0.15, -0.1) is 0 Å². The van der Waals surface area contributed by atoms with Crippen molar-refractivity contribution >= 4 is 9.64 Å². The van der Waals surface area contributed by atoms with E-state index in [0.29, 0.717) is 12.1 Å². The van der Waals surface area contributed by atoms with Gasteiger partial charge in [0, 0.05) is 67.7 Å². The summed E-state index contributed by atoms with van der Waals surface area (Å²) < 4.78 is 12.9. The van der Waals surface area contributed by atoms with Crippen LogP contribution in [0.15, 0.2) is 98.6 Å². The van der Waals surface area contributed by atoms with E-state index in [-0.39, 0.29) is 0 Å². The molecule has 11 nitrogen and oxygen atoms in total. The van der Waals surface area contributed by atoms with Gasteiger partial charge in [0.05, 0.1) is 31.2 Å². The topological polar surface area (TPSA) is 106 Å². The summed E-state index contributed by atoms with van der Waals surface area (Å²) in [6, 6.07) is 12.5. The summed E-state index contributed by atoms with van der Waals surface area (Å²) >= 11 is 1.33. The molecule has 6 aromatic rings. The number of halogens is 1. The zero-order chi connectivity index (χ0) is 32.6. The summed E-state index contributed by atoms with van der Waals surface area (Å²) in [4.78, 5) is 16.6. The van der Waals surface area contributed by atoms with Crippen LogP contribution in [0.4, 0.5) is 0 Å². The van der Waals surface area contributed by atoms with E-state index < -0.39 is 0 Å². The molecule has 0 N–H and O–H groups in total. The SMILES string of the molecule is CCC(CC(C)n1ccnc1)n1ccnc1.COc1ccnc(-n2ccc(C)n2)c1.Cc1ccnc(-n2ccc(C)n2)c1.[Cl][Os]. The van der Waals surface area contributed by atoms with E-state index in [1.54, 1.807) is 34.9 Å². The number of hydrogen-bond donors (Lipinski definition) is 0. The molecule has 0 aliphatic carbocycles. The molecule has 0 saturated carbocycles. The van der Waals surface area contributed by atoms with Crippen molar-refractivity contribution in [2.45, 2.75) is 59.5 Å². The molecule has 239 valence electrons. The van der Waals surface area contributed by atoms with Crippen LogP contribution < -0.4 is 4.74 Å². The quantitative estimate of drug-likeness (QED) is 0.166. The average molecular weight is 806 g/mol. The summed E-state index contributed by atoms with van der Waals surface area (Å²) in [5.74, 6) is 2.41. The Bertz CT molecular complexity index is 1650. The third-order valence-electron chi connectivity index (χ3n) is 6.83. The van der Waals surface area contributed by atoms with Gasteiger partial charge in [-0.05, 0) is 76.4 Å². The van der Waals surface area contributed by atoms with E-state index >= 15 is 0 Å². The zero-order valence-corrected chi connectivity index (χ0v) is 29.7. The molecule has 0 aliphatic heterocycles. The Morgan fingerprint density at radius 1 is 0.756 bits per heavy atom. The molecule has 13 heteroatoms. The van der Waals surface area contributed by atoms with Crippen LogP contribution >= 0.6 is 9.64 Å². The van der Waals surface area contributed by atoms with E-state index in [2.05, 4.69) is 62.8 Å². The standard InChI is InChI=1S/C12H18N4.C10H11N3O.C10H11N3.ClH.Os/c1-3-12(16-7-5-14-10-16)8-11(2)15-6-4-13-9-15;1-8-4-6-13(12-8)10-7-9(14-2)3-5-11-10;1-8-3-5-11-10(7-8)13-6-4-9(2)12-13;;/h4-7,9-12H,3,8H2,1-2H3;3-7H,1-2H3;3-7H,1-2H3;1H;/q;;;;+1/p-1. The minimum atomic E-state index is 0.467. The molecule has 0 amide bonds. The fraction of sp³-hybridized carbons (Fsp3) is 0.312. The van der Waals surface area contributed by atoms with Gasteiger partial charge in [-0.3, -0.25) is 0 Å². The molecule has 6 heterocycles. The monoisotopic (exact) mass is 807 g/mol. The Balaban J connectivity index is 0.000000180. The molecule has 0 fully saturated rings. The third-order valence-corrected chi connectivity index (χ3v) is 6.83. The number of aryl methyl sites for hydroxylation is 3. The molecular formula is C32H40ClN10OOs. The van der Waals surface area contributed by atoms with Gasteiger partial charge in [0.1, 0.15) is 5.75 Å². The Morgan fingerprint density at radius 2 is 1.31 bits per heavy atom. The summed E-state index contributed by atoms with van der Waals surface area (Å²) in [5, 5.41) is 8.53. The van der Waals surface area contributed by atoms with Crippen molar-refractivity contribution < 1.29 is 22.3 Å². The first-order valence-corrected chi connectivity index (χ1v) is 17.6. The Morgan fingerprint density at radius 3 is 1.78 bits per heavy atom. The minimum absolute atomic E-state index is 0.467. The van der Waals surface area contributed by atoms with Crippen molar-refractivity contribution in [3.05, 3.63) is 116 Å². The van der Waals surface area contributed by atoms with Crippen molar-refractivity contribution in [2.24, 2.45) is 0 Å². The first-order valence-electron chi connectivity index (χ1n) is 14.4.